The number of ether oxygens (including phenoxy) is 1. The second-order valence-electron chi connectivity index (χ2n) is 7.78. The monoisotopic (exact) mass is 472 g/mol. The van der Waals surface area contributed by atoms with Gasteiger partial charge in [0.1, 0.15) is 5.75 Å². The molecule has 0 saturated carbocycles. The van der Waals surface area contributed by atoms with Gasteiger partial charge in [-0.25, -0.2) is 4.79 Å². The summed E-state index contributed by atoms with van der Waals surface area (Å²) in [4.78, 5) is 40.4. The van der Waals surface area contributed by atoms with Crippen molar-refractivity contribution < 1.29 is 19.1 Å². The minimum atomic E-state index is -0.556. The Balaban J connectivity index is 1.30. The summed E-state index contributed by atoms with van der Waals surface area (Å²) in [7, 11) is 1.59. The zero-order chi connectivity index (χ0) is 23.6. The maximum Gasteiger partial charge on any atom is 0.321 e. The third-order valence-corrected chi connectivity index (χ3v) is 5.70. The predicted molar refractivity (Wildman–Crippen MR) is 127 cm³/mol. The average molecular weight is 473 g/mol. The van der Waals surface area contributed by atoms with Crippen LogP contribution in [-0.4, -0.2) is 56.0 Å². The van der Waals surface area contributed by atoms with Crippen LogP contribution in [-0.2, 0) is 16.1 Å². The Kier molecular flexibility index (Phi) is 8.95. The van der Waals surface area contributed by atoms with E-state index in [4.69, 9.17) is 16.3 Å². The van der Waals surface area contributed by atoms with Gasteiger partial charge in [-0.2, -0.15) is 0 Å². The normalized spacial score (nSPS) is 13.4. The summed E-state index contributed by atoms with van der Waals surface area (Å²) in [6, 6.07) is 14.4. The molecule has 0 aromatic heterocycles. The molecular weight excluding hydrogens is 444 g/mol. The first-order chi connectivity index (χ1) is 15.9. The van der Waals surface area contributed by atoms with E-state index in [0.717, 1.165) is 30.1 Å². The number of benzene rings is 2. The molecule has 9 heteroatoms. The number of carbonyl (C=O) groups excluding carboxylic acids is 3. The van der Waals surface area contributed by atoms with E-state index in [-0.39, 0.29) is 18.7 Å². The first-order valence-electron chi connectivity index (χ1n) is 10.9. The molecule has 2 aromatic rings. The molecule has 0 spiro atoms. The molecule has 1 fully saturated rings. The number of amides is 4. The first-order valence-corrected chi connectivity index (χ1v) is 11.3. The molecule has 176 valence electrons. The summed E-state index contributed by atoms with van der Waals surface area (Å²) >= 11 is 6.06. The first kappa shape index (κ1) is 24.4. The fourth-order valence-electron chi connectivity index (χ4n) is 3.60. The van der Waals surface area contributed by atoms with Gasteiger partial charge in [0.15, 0.2) is 0 Å². The van der Waals surface area contributed by atoms with Gasteiger partial charge in [0.25, 0.3) is 0 Å². The number of rotatable bonds is 8. The smallest absolute Gasteiger partial charge is 0.321 e. The molecule has 0 aliphatic carbocycles. The summed E-state index contributed by atoms with van der Waals surface area (Å²) in [5, 5.41) is 5.63. The van der Waals surface area contributed by atoms with Gasteiger partial charge in [0.05, 0.1) is 7.11 Å². The highest BCUT2D eigenvalue weighted by Crippen LogP contribution is 2.21. The van der Waals surface area contributed by atoms with E-state index in [1.54, 1.807) is 19.2 Å². The molecular formula is C24H29ClN4O4. The Morgan fingerprint density at radius 3 is 2.39 bits per heavy atom. The highest BCUT2D eigenvalue weighted by molar-refractivity contribution is 6.30. The van der Waals surface area contributed by atoms with Gasteiger partial charge in [-0.3, -0.25) is 14.9 Å². The van der Waals surface area contributed by atoms with Crippen molar-refractivity contribution in [3.8, 4) is 5.75 Å². The lowest BCUT2D eigenvalue weighted by Gasteiger charge is -2.36. The van der Waals surface area contributed by atoms with Gasteiger partial charge < -0.3 is 19.9 Å². The fourth-order valence-corrected chi connectivity index (χ4v) is 3.79. The van der Waals surface area contributed by atoms with E-state index in [0.29, 0.717) is 31.1 Å². The molecule has 0 radical (unpaired) electrons. The van der Waals surface area contributed by atoms with Crippen molar-refractivity contribution in [3.63, 3.8) is 0 Å². The van der Waals surface area contributed by atoms with Gasteiger partial charge in [0, 0.05) is 56.3 Å². The van der Waals surface area contributed by atoms with Crippen molar-refractivity contribution in [2.75, 3.05) is 38.2 Å². The summed E-state index contributed by atoms with van der Waals surface area (Å²) in [5.74, 6) is 0.356. The van der Waals surface area contributed by atoms with Crippen LogP contribution in [0.5, 0.6) is 5.75 Å². The van der Waals surface area contributed by atoms with E-state index in [9.17, 15) is 14.4 Å². The Morgan fingerprint density at radius 1 is 1.00 bits per heavy atom. The standard InChI is InChI=1S/C24H29ClN4O4/c1-33-21-10-8-18(9-11-21)17-26-24(32)27-22(30)6-3-7-23(31)29-14-12-28(13-15-29)20-5-2-4-19(25)16-20/h2,4-5,8-11,16H,3,6-7,12-15,17H2,1H3,(H2,26,27,30,32). The molecule has 2 N–H and O–H groups in total. The molecule has 4 amide bonds. The Hall–Kier alpha value is -3.26. The number of urea groups is 1. The molecule has 8 nitrogen and oxygen atoms in total. The molecule has 3 rings (SSSR count). The summed E-state index contributed by atoms with van der Waals surface area (Å²) < 4.78 is 5.09. The third-order valence-electron chi connectivity index (χ3n) is 5.47. The van der Waals surface area contributed by atoms with Crippen LogP contribution in [0.25, 0.3) is 0 Å². The van der Waals surface area contributed by atoms with Crippen molar-refractivity contribution in [1.82, 2.24) is 15.5 Å². The number of hydrogen-bond donors (Lipinski definition) is 2. The minimum absolute atomic E-state index is 0.0255. The predicted octanol–water partition coefficient (Wildman–Crippen LogP) is 3.19. The molecule has 2 aromatic carbocycles. The van der Waals surface area contributed by atoms with E-state index in [1.165, 1.54) is 0 Å². The van der Waals surface area contributed by atoms with Crippen molar-refractivity contribution in [1.29, 1.82) is 0 Å². The number of carbonyl (C=O) groups is 3. The topological polar surface area (TPSA) is 91.0 Å². The quantitative estimate of drug-likeness (QED) is 0.615. The van der Waals surface area contributed by atoms with E-state index < -0.39 is 11.9 Å². The highest BCUT2D eigenvalue weighted by Gasteiger charge is 2.21. The number of anilines is 1. The zero-order valence-electron chi connectivity index (χ0n) is 18.7. The number of halogens is 1. The molecule has 0 atom stereocenters. The highest BCUT2D eigenvalue weighted by atomic mass is 35.5. The lowest BCUT2D eigenvalue weighted by atomic mass is 10.2. The van der Waals surface area contributed by atoms with E-state index >= 15 is 0 Å². The van der Waals surface area contributed by atoms with Crippen LogP contribution in [0, 0.1) is 0 Å². The Morgan fingerprint density at radius 2 is 1.73 bits per heavy atom. The molecule has 1 aliphatic rings. The number of methoxy groups -OCH3 is 1. The third kappa shape index (κ3) is 7.68. The fraction of sp³-hybridized carbons (Fsp3) is 0.375. The molecule has 0 bridgehead atoms. The molecule has 1 aliphatic heterocycles. The number of piperazine rings is 1. The minimum Gasteiger partial charge on any atom is -0.497 e. The second-order valence-corrected chi connectivity index (χ2v) is 8.22. The van der Waals surface area contributed by atoms with E-state index in [2.05, 4.69) is 15.5 Å². The van der Waals surface area contributed by atoms with Gasteiger partial charge >= 0.3 is 6.03 Å². The van der Waals surface area contributed by atoms with Crippen LogP contribution in [0.15, 0.2) is 48.5 Å². The molecule has 33 heavy (non-hydrogen) atoms. The van der Waals surface area contributed by atoms with Gasteiger partial charge in [-0.15, -0.1) is 0 Å². The van der Waals surface area contributed by atoms with Crippen molar-refractivity contribution in [3.05, 3.63) is 59.1 Å². The second kappa shape index (κ2) is 12.1. The summed E-state index contributed by atoms with van der Waals surface area (Å²) in [6.45, 7) is 3.03. The van der Waals surface area contributed by atoms with Crippen LogP contribution in [0.2, 0.25) is 5.02 Å². The molecule has 1 saturated heterocycles. The lowest BCUT2D eigenvalue weighted by Crippen LogP contribution is -2.48. The number of hydrogen-bond acceptors (Lipinski definition) is 5. The molecule has 1 heterocycles. The lowest BCUT2D eigenvalue weighted by molar-refractivity contribution is -0.131. The maximum absolute atomic E-state index is 12.5. The Labute approximate surface area is 198 Å². The van der Waals surface area contributed by atoms with Crippen LogP contribution in [0.1, 0.15) is 24.8 Å². The number of nitrogens with one attached hydrogen (secondary N) is 2. The van der Waals surface area contributed by atoms with Crippen LogP contribution in [0.3, 0.4) is 0 Å². The van der Waals surface area contributed by atoms with Gasteiger partial charge in [-0.05, 0) is 42.3 Å². The van der Waals surface area contributed by atoms with Crippen molar-refractivity contribution in [2.24, 2.45) is 0 Å². The van der Waals surface area contributed by atoms with Crippen molar-refractivity contribution in [2.45, 2.75) is 25.8 Å². The van der Waals surface area contributed by atoms with Crippen LogP contribution < -0.4 is 20.3 Å². The van der Waals surface area contributed by atoms with Crippen LogP contribution in [0.4, 0.5) is 10.5 Å². The van der Waals surface area contributed by atoms with Crippen LogP contribution >= 0.6 is 11.6 Å². The zero-order valence-corrected chi connectivity index (χ0v) is 19.4. The maximum atomic E-state index is 12.5. The number of imide groups is 1. The molecule has 0 unspecified atom stereocenters. The Bertz CT molecular complexity index is 959. The summed E-state index contributed by atoms with van der Waals surface area (Å²) in [5.41, 5.74) is 1.94. The largest absolute Gasteiger partial charge is 0.497 e. The number of nitrogens with zero attached hydrogens (tertiary/aromatic N) is 2. The van der Waals surface area contributed by atoms with E-state index in [1.807, 2.05) is 41.3 Å². The van der Waals surface area contributed by atoms with Gasteiger partial charge in [0.2, 0.25) is 11.8 Å². The van der Waals surface area contributed by atoms with Gasteiger partial charge in [-0.1, -0.05) is 29.8 Å². The summed E-state index contributed by atoms with van der Waals surface area (Å²) in [6.07, 6.45) is 0.785. The van der Waals surface area contributed by atoms with Crippen molar-refractivity contribution >= 4 is 35.1 Å². The average Bonchev–Trinajstić information content (AvgIpc) is 2.83. The SMILES string of the molecule is COc1ccc(CNC(=O)NC(=O)CCCC(=O)N2CCN(c3cccc(Cl)c3)CC2)cc1.